The molecule has 0 atom stereocenters. The second-order valence-electron chi connectivity index (χ2n) is 5.16. The Balaban J connectivity index is 2.07. The fraction of sp³-hybridized carbons (Fsp3) is 0.111. The normalized spacial score (nSPS) is 10.7. The predicted molar refractivity (Wildman–Crippen MR) is 96.2 cm³/mol. The molecule has 0 unspecified atom stereocenters. The van der Waals surface area contributed by atoms with Gasteiger partial charge in [-0.15, -0.1) is 11.8 Å². The first-order chi connectivity index (χ1) is 11.2. The second-order valence-corrected chi connectivity index (χ2v) is 6.04. The van der Waals surface area contributed by atoms with Crippen molar-refractivity contribution in [3.63, 3.8) is 0 Å². The summed E-state index contributed by atoms with van der Waals surface area (Å²) in [5, 5.41) is 2.14. The molecule has 0 bridgehead atoms. The lowest BCUT2D eigenvalue weighted by Crippen LogP contribution is -2.30. The van der Waals surface area contributed by atoms with Crippen LogP contribution in [0.1, 0.15) is 0 Å². The Bertz CT molecular complexity index is 850. The molecule has 0 aliphatic carbocycles. The molecule has 2 N–H and O–H groups in total. The molecule has 116 valence electrons. The maximum Gasteiger partial charge on any atom is 0.237 e. The number of primary amides is 1. The minimum Gasteiger partial charge on any atom is -0.368 e. The number of carbonyl (C=O) groups excluding carboxylic acids is 1. The minimum atomic E-state index is -0.366. The first kappa shape index (κ1) is 15.4. The summed E-state index contributed by atoms with van der Waals surface area (Å²) >= 11 is 1.67. The first-order valence-corrected chi connectivity index (χ1v) is 8.43. The summed E-state index contributed by atoms with van der Waals surface area (Å²) in [6.07, 6.45) is 5.62. The van der Waals surface area contributed by atoms with Gasteiger partial charge in [-0.1, -0.05) is 12.1 Å². The lowest BCUT2D eigenvalue weighted by Gasteiger charge is -2.24. The Morgan fingerprint density at radius 1 is 1.13 bits per heavy atom. The van der Waals surface area contributed by atoms with Crippen LogP contribution in [-0.2, 0) is 4.79 Å². The van der Waals surface area contributed by atoms with Gasteiger partial charge in [-0.2, -0.15) is 0 Å². The maximum absolute atomic E-state index is 11.5. The molecule has 0 aliphatic heterocycles. The average Bonchev–Trinajstić information content (AvgIpc) is 2.59. The van der Waals surface area contributed by atoms with Crippen LogP contribution in [0, 0.1) is 0 Å². The van der Waals surface area contributed by atoms with E-state index in [0.29, 0.717) is 0 Å². The Morgan fingerprint density at radius 2 is 1.96 bits per heavy atom. The van der Waals surface area contributed by atoms with Gasteiger partial charge in [-0.25, -0.2) is 0 Å². The highest BCUT2D eigenvalue weighted by Crippen LogP contribution is 2.30. The van der Waals surface area contributed by atoms with Gasteiger partial charge in [0, 0.05) is 34.1 Å². The number of hydrogen-bond donors (Lipinski definition) is 1. The van der Waals surface area contributed by atoms with E-state index in [2.05, 4.69) is 11.1 Å². The molecular formula is C18H17N3OS. The molecule has 1 amide bonds. The van der Waals surface area contributed by atoms with E-state index >= 15 is 0 Å². The SMILES string of the molecule is CSc1cccc(N(CC(N)=O)c2ccc3cnccc3c2)c1. The zero-order valence-corrected chi connectivity index (χ0v) is 13.6. The molecule has 3 aromatic rings. The van der Waals surface area contributed by atoms with Crippen molar-refractivity contribution < 1.29 is 4.79 Å². The predicted octanol–water partition coefficient (Wildman–Crippen LogP) is 3.58. The molecule has 0 radical (unpaired) electrons. The zero-order valence-electron chi connectivity index (χ0n) is 12.8. The standard InChI is InChI=1S/C18H17N3OS/c1-23-17-4-2-3-15(10-17)21(12-18(19)22)16-6-5-14-11-20-8-7-13(14)9-16/h2-11H,12H2,1H3,(H2,19,22). The van der Waals surface area contributed by atoms with Gasteiger partial charge in [0.05, 0.1) is 0 Å². The Kier molecular flexibility index (Phi) is 4.48. The van der Waals surface area contributed by atoms with Crippen LogP contribution in [-0.4, -0.2) is 23.7 Å². The molecule has 4 nitrogen and oxygen atoms in total. The van der Waals surface area contributed by atoms with Crippen LogP contribution in [0.15, 0.2) is 65.8 Å². The number of pyridine rings is 1. The van der Waals surface area contributed by atoms with Gasteiger partial charge in [0.15, 0.2) is 0 Å². The summed E-state index contributed by atoms with van der Waals surface area (Å²) in [6.45, 7) is 0.133. The number of fused-ring (bicyclic) bond motifs is 1. The molecule has 1 aromatic heterocycles. The molecule has 0 saturated carbocycles. The molecule has 0 spiro atoms. The second kappa shape index (κ2) is 6.71. The highest BCUT2D eigenvalue weighted by Gasteiger charge is 2.13. The van der Waals surface area contributed by atoms with Crippen molar-refractivity contribution >= 4 is 39.8 Å². The van der Waals surface area contributed by atoms with Crippen LogP contribution in [0.3, 0.4) is 0 Å². The Morgan fingerprint density at radius 3 is 2.74 bits per heavy atom. The lowest BCUT2D eigenvalue weighted by atomic mass is 10.1. The van der Waals surface area contributed by atoms with Crippen molar-refractivity contribution in [3.8, 4) is 0 Å². The summed E-state index contributed by atoms with van der Waals surface area (Å²) in [5.74, 6) is -0.366. The van der Waals surface area contributed by atoms with Gasteiger partial charge in [0.25, 0.3) is 0 Å². The topological polar surface area (TPSA) is 59.2 Å². The van der Waals surface area contributed by atoms with E-state index in [1.54, 1.807) is 18.0 Å². The third-order valence-electron chi connectivity index (χ3n) is 3.61. The van der Waals surface area contributed by atoms with E-state index in [9.17, 15) is 4.79 Å². The number of nitrogens with zero attached hydrogens (tertiary/aromatic N) is 2. The fourth-order valence-corrected chi connectivity index (χ4v) is 2.96. The summed E-state index contributed by atoms with van der Waals surface area (Å²) in [6, 6.07) is 16.1. The van der Waals surface area contributed by atoms with E-state index in [4.69, 9.17) is 5.73 Å². The van der Waals surface area contributed by atoms with Crippen LogP contribution in [0.4, 0.5) is 11.4 Å². The number of anilines is 2. The Hall–Kier alpha value is -2.53. The highest BCUT2D eigenvalue weighted by atomic mass is 32.2. The summed E-state index contributed by atoms with van der Waals surface area (Å²) in [7, 11) is 0. The quantitative estimate of drug-likeness (QED) is 0.729. The van der Waals surface area contributed by atoms with E-state index in [-0.39, 0.29) is 12.5 Å². The lowest BCUT2D eigenvalue weighted by molar-refractivity contribution is -0.116. The zero-order chi connectivity index (χ0) is 16.2. The smallest absolute Gasteiger partial charge is 0.237 e. The Labute approximate surface area is 139 Å². The number of carbonyl (C=O) groups is 1. The molecule has 3 rings (SSSR count). The van der Waals surface area contributed by atoms with Crippen LogP contribution < -0.4 is 10.6 Å². The van der Waals surface area contributed by atoms with Gasteiger partial charge in [0.1, 0.15) is 6.54 Å². The van der Waals surface area contributed by atoms with Crippen molar-refractivity contribution in [3.05, 3.63) is 60.9 Å². The summed E-state index contributed by atoms with van der Waals surface area (Å²) in [5.41, 5.74) is 7.33. The van der Waals surface area contributed by atoms with E-state index in [1.165, 1.54) is 0 Å². The van der Waals surface area contributed by atoms with E-state index in [1.807, 2.05) is 59.8 Å². The number of benzene rings is 2. The molecule has 0 fully saturated rings. The van der Waals surface area contributed by atoms with Crippen LogP contribution >= 0.6 is 11.8 Å². The minimum absolute atomic E-state index is 0.133. The van der Waals surface area contributed by atoms with Gasteiger partial charge in [-0.05, 0) is 48.0 Å². The van der Waals surface area contributed by atoms with Crippen LogP contribution in [0.25, 0.3) is 10.8 Å². The summed E-state index contributed by atoms with van der Waals surface area (Å²) < 4.78 is 0. The van der Waals surface area contributed by atoms with Gasteiger partial charge in [-0.3, -0.25) is 9.78 Å². The van der Waals surface area contributed by atoms with Gasteiger partial charge in [0.2, 0.25) is 5.91 Å². The third-order valence-corrected chi connectivity index (χ3v) is 4.34. The first-order valence-electron chi connectivity index (χ1n) is 7.21. The maximum atomic E-state index is 11.5. The number of rotatable bonds is 5. The van der Waals surface area contributed by atoms with Crippen LogP contribution in [0.5, 0.6) is 0 Å². The monoisotopic (exact) mass is 323 g/mol. The van der Waals surface area contributed by atoms with Crippen molar-refractivity contribution in [1.29, 1.82) is 0 Å². The molecular weight excluding hydrogens is 306 g/mol. The number of nitrogens with two attached hydrogens (primary N) is 1. The van der Waals surface area contributed by atoms with Gasteiger partial charge >= 0.3 is 0 Å². The third kappa shape index (κ3) is 3.46. The molecule has 0 saturated heterocycles. The van der Waals surface area contributed by atoms with Crippen molar-refractivity contribution in [2.45, 2.75) is 4.90 Å². The van der Waals surface area contributed by atoms with Crippen molar-refractivity contribution in [2.24, 2.45) is 5.73 Å². The molecule has 5 heteroatoms. The largest absolute Gasteiger partial charge is 0.368 e. The molecule has 1 heterocycles. The van der Waals surface area contributed by atoms with Crippen LogP contribution in [0.2, 0.25) is 0 Å². The number of amides is 1. The highest BCUT2D eigenvalue weighted by molar-refractivity contribution is 7.98. The number of thioether (sulfide) groups is 1. The van der Waals surface area contributed by atoms with Crippen molar-refractivity contribution in [2.75, 3.05) is 17.7 Å². The van der Waals surface area contributed by atoms with E-state index in [0.717, 1.165) is 27.0 Å². The number of aromatic nitrogens is 1. The van der Waals surface area contributed by atoms with Gasteiger partial charge < -0.3 is 10.6 Å². The number of hydrogen-bond acceptors (Lipinski definition) is 4. The molecule has 23 heavy (non-hydrogen) atoms. The molecule has 0 aliphatic rings. The fourth-order valence-electron chi connectivity index (χ4n) is 2.50. The van der Waals surface area contributed by atoms with Crippen molar-refractivity contribution in [1.82, 2.24) is 4.98 Å². The molecule has 2 aromatic carbocycles. The summed E-state index contributed by atoms with van der Waals surface area (Å²) in [4.78, 5) is 18.7. The van der Waals surface area contributed by atoms with E-state index < -0.39 is 0 Å². The average molecular weight is 323 g/mol.